The molecule has 6 nitrogen and oxygen atoms in total. The van der Waals surface area contributed by atoms with Crippen molar-refractivity contribution in [1.29, 1.82) is 0 Å². The molecule has 2 amide bonds. The van der Waals surface area contributed by atoms with Crippen LogP contribution in [0.5, 0.6) is 5.75 Å². The van der Waals surface area contributed by atoms with Crippen LogP contribution in [0.25, 0.3) is 0 Å². The van der Waals surface area contributed by atoms with Crippen molar-refractivity contribution in [1.82, 2.24) is 10.6 Å². The summed E-state index contributed by atoms with van der Waals surface area (Å²) in [5.74, 6) is 0.175. The molecule has 0 saturated carbocycles. The number of nitrogens with two attached hydrogens (primary N) is 1. The van der Waals surface area contributed by atoms with E-state index in [2.05, 4.69) is 10.6 Å². The van der Waals surface area contributed by atoms with Gasteiger partial charge in [-0.2, -0.15) is 0 Å². The van der Waals surface area contributed by atoms with Gasteiger partial charge in [-0.05, 0) is 37.1 Å². The van der Waals surface area contributed by atoms with E-state index in [0.29, 0.717) is 31.0 Å². The highest BCUT2D eigenvalue weighted by Gasteiger charge is 2.24. The average molecular weight is 344 g/mol. The number of ether oxygens (including phenoxy) is 1. The molecule has 4 N–H and O–H groups in total. The van der Waals surface area contributed by atoms with Gasteiger partial charge in [-0.15, -0.1) is 12.4 Å². The van der Waals surface area contributed by atoms with E-state index in [0.717, 1.165) is 0 Å². The third kappa shape index (κ3) is 6.88. The molecule has 0 heterocycles. The predicted octanol–water partition coefficient (Wildman–Crippen LogP) is 1.34. The Labute approximate surface area is 143 Å². The maximum Gasteiger partial charge on any atom is 0.251 e. The van der Waals surface area contributed by atoms with Crippen LogP contribution in [-0.4, -0.2) is 37.6 Å². The fourth-order valence-electron chi connectivity index (χ4n) is 1.93. The van der Waals surface area contributed by atoms with Crippen LogP contribution in [0.4, 0.5) is 0 Å². The first kappa shape index (κ1) is 21.2. The van der Waals surface area contributed by atoms with E-state index in [9.17, 15) is 9.59 Å². The second-order valence-corrected chi connectivity index (χ2v) is 5.23. The van der Waals surface area contributed by atoms with Gasteiger partial charge in [0.1, 0.15) is 11.8 Å². The average Bonchev–Trinajstić information content (AvgIpc) is 2.50. The molecule has 1 atom stereocenters. The predicted molar refractivity (Wildman–Crippen MR) is 93.0 cm³/mol. The van der Waals surface area contributed by atoms with E-state index in [-0.39, 0.29) is 30.1 Å². The highest BCUT2D eigenvalue weighted by Crippen LogP contribution is 2.12. The molecule has 0 saturated heterocycles. The van der Waals surface area contributed by atoms with Gasteiger partial charge in [-0.3, -0.25) is 9.59 Å². The second-order valence-electron chi connectivity index (χ2n) is 5.23. The van der Waals surface area contributed by atoms with Gasteiger partial charge < -0.3 is 21.1 Å². The van der Waals surface area contributed by atoms with Crippen molar-refractivity contribution < 1.29 is 14.3 Å². The van der Waals surface area contributed by atoms with E-state index in [1.165, 1.54) is 0 Å². The molecule has 0 radical (unpaired) electrons. The summed E-state index contributed by atoms with van der Waals surface area (Å²) < 4.78 is 5.33. The van der Waals surface area contributed by atoms with Crippen LogP contribution in [-0.2, 0) is 4.79 Å². The Morgan fingerprint density at radius 2 is 1.83 bits per heavy atom. The van der Waals surface area contributed by atoms with E-state index in [4.69, 9.17) is 10.5 Å². The molecule has 0 fully saturated rings. The van der Waals surface area contributed by atoms with Gasteiger partial charge >= 0.3 is 0 Å². The zero-order chi connectivity index (χ0) is 16.5. The zero-order valence-corrected chi connectivity index (χ0v) is 14.6. The minimum Gasteiger partial charge on any atom is -0.494 e. The number of carbonyl (C=O) groups is 2. The fraction of sp³-hybridized carbons (Fsp3) is 0.500. The normalized spacial score (nSPS) is 11.3. The standard InChI is InChI=1S/C16H25N3O3.ClH/c1-4-22-13-7-5-12(6-8-13)15(20)19-14(11(2)3)16(21)18-10-9-17;/h5-8,11,14H,4,9-10,17H2,1-3H3,(H,18,21)(H,19,20);1H. The molecule has 23 heavy (non-hydrogen) atoms. The first-order chi connectivity index (χ1) is 10.5. The van der Waals surface area contributed by atoms with Gasteiger partial charge in [0.25, 0.3) is 5.91 Å². The van der Waals surface area contributed by atoms with Crippen molar-refractivity contribution in [3.8, 4) is 5.75 Å². The van der Waals surface area contributed by atoms with Crippen molar-refractivity contribution >= 4 is 24.2 Å². The summed E-state index contributed by atoms with van der Waals surface area (Å²) >= 11 is 0. The van der Waals surface area contributed by atoms with Crippen LogP contribution in [0, 0.1) is 5.92 Å². The Morgan fingerprint density at radius 1 is 1.22 bits per heavy atom. The molecule has 0 aromatic heterocycles. The van der Waals surface area contributed by atoms with Crippen molar-refractivity contribution in [3.05, 3.63) is 29.8 Å². The molecular formula is C16H26ClN3O3. The molecule has 0 bridgehead atoms. The molecule has 1 rings (SSSR count). The third-order valence-electron chi connectivity index (χ3n) is 3.11. The first-order valence-corrected chi connectivity index (χ1v) is 7.51. The topological polar surface area (TPSA) is 93.4 Å². The van der Waals surface area contributed by atoms with Gasteiger partial charge in [0, 0.05) is 18.7 Å². The Kier molecular flexibility index (Phi) is 10.0. The van der Waals surface area contributed by atoms with Crippen molar-refractivity contribution in [2.75, 3.05) is 19.7 Å². The van der Waals surface area contributed by atoms with Gasteiger partial charge in [-0.25, -0.2) is 0 Å². The quantitative estimate of drug-likeness (QED) is 0.664. The molecule has 1 aromatic carbocycles. The Morgan fingerprint density at radius 3 is 2.30 bits per heavy atom. The lowest BCUT2D eigenvalue weighted by Crippen LogP contribution is -2.50. The van der Waals surface area contributed by atoms with Gasteiger partial charge in [0.2, 0.25) is 5.91 Å². The maximum absolute atomic E-state index is 12.3. The van der Waals surface area contributed by atoms with Crippen molar-refractivity contribution in [3.63, 3.8) is 0 Å². The maximum atomic E-state index is 12.3. The molecule has 0 spiro atoms. The fourth-order valence-corrected chi connectivity index (χ4v) is 1.93. The van der Waals surface area contributed by atoms with E-state index in [1.54, 1.807) is 24.3 Å². The Hall–Kier alpha value is -1.79. The zero-order valence-electron chi connectivity index (χ0n) is 13.8. The van der Waals surface area contributed by atoms with Crippen LogP contribution in [0.3, 0.4) is 0 Å². The molecule has 130 valence electrons. The lowest BCUT2D eigenvalue weighted by atomic mass is 10.0. The summed E-state index contributed by atoms with van der Waals surface area (Å²) in [5, 5.41) is 5.46. The minimum atomic E-state index is -0.592. The molecule has 7 heteroatoms. The first-order valence-electron chi connectivity index (χ1n) is 7.51. The van der Waals surface area contributed by atoms with Gasteiger partial charge in [0.05, 0.1) is 6.61 Å². The van der Waals surface area contributed by atoms with Crippen LogP contribution < -0.4 is 21.1 Å². The minimum absolute atomic E-state index is 0. The largest absolute Gasteiger partial charge is 0.494 e. The smallest absolute Gasteiger partial charge is 0.251 e. The number of hydrogen-bond acceptors (Lipinski definition) is 4. The number of benzene rings is 1. The SMILES string of the molecule is CCOc1ccc(C(=O)NC(C(=O)NCCN)C(C)C)cc1.Cl. The molecule has 0 aliphatic carbocycles. The number of hydrogen-bond donors (Lipinski definition) is 3. The summed E-state index contributed by atoms with van der Waals surface area (Å²) in [5.41, 5.74) is 5.86. The number of nitrogens with one attached hydrogen (secondary N) is 2. The van der Waals surface area contributed by atoms with Crippen molar-refractivity contribution in [2.45, 2.75) is 26.8 Å². The summed E-state index contributed by atoms with van der Waals surface area (Å²) in [6.07, 6.45) is 0. The molecule has 0 aliphatic heterocycles. The van der Waals surface area contributed by atoms with E-state index < -0.39 is 6.04 Å². The summed E-state index contributed by atoms with van der Waals surface area (Å²) in [7, 11) is 0. The molecule has 1 unspecified atom stereocenters. The van der Waals surface area contributed by atoms with Crippen LogP contribution >= 0.6 is 12.4 Å². The highest BCUT2D eigenvalue weighted by atomic mass is 35.5. The number of carbonyl (C=O) groups excluding carboxylic acids is 2. The van der Waals surface area contributed by atoms with Crippen LogP contribution in [0.15, 0.2) is 24.3 Å². The molecule has 1 aromatic rings. The molecular weight excluding hydrogens is 318 g/mol. The van der Waals surface area contributed by atoms with Gasteiger partial charge in [-0.1, -0.05) is 13.8 Å². The van der Waals surface area contributed by atoms with E-state index >= 15 is 0 Å². The Bertz CT molecular complexity index is 492. The number of halogens is 1. The summed E-state index contributed by atoms with van der Waals surface area (Å²) in [6.45, 7) is 6.98. The lowest BCUT2D eigenvalue weighted by molar-refractivity contribution is -0.123. The van der Waals surface area contributed by atoms with Crippen LogP contribution in [0.2, 0.25) is 0 Å². The monoisotopic (exact) mass is 343 g/mol. The van der Waals surface area contributed by atoms with Crippen LogP contribution in [0.1, 0.15) is 31.1 Å². The van der Waals surface area contributed by atoms with E-state index in [1.807, 2.05) is 20.8 Å². The third-order valence-corrected chi connectivity index (χ3v) is 3.11. The second kappa shape index (κ2) is 10.9. The van der Waals surface area contributed by atoms with Crippen molar-refractivity contribution in [2.24, 2.45) is 11.7 Å². The summed E-state index contributed by atoms with van der Waals surface area (Å²) in [6, 6.07) is 6.23. The highest BCUT2D eigenvalue weighted by molar-refractivity contribution is 5.97. The Balaban J connectivity index is 0.00000484. The summed E-state index contributed by atoms with van der Waals surface area (Å²) in [4.78, 5) is 24.3. The number of rotatable bonds is 8. The lowest BCUT2D eigenvalue weighted by Gasteiger charge is -2.21. The number of amides is 2. The van der Waals surface area contributed by atoms with Gasteiger partial charge in [0.15, 0.2) is 0 Å². The molecule has 0 aliphatic rings.